The summed E-state index contributed by atoms with van der Waals surface area (Å²) in [5.74, 6) is -0.439. The lowest BCUT2D eigenvalue weighted by molar-refractivity contribution is -0.142. The van der Waals surface area contributed by atoms with Gasteiger partial charge in [0.05, 0.1) is 24.0 Å². The molecule has 0 radical (unpaired) electrons. The summed E-state index contributed by atoms with van der Waals surface area (Å²) in [6.07, 6.45) is 2.43. The summed E-state index contributed by atoms with van der Waals surface area (Å²) < 4.78 is 10.7. The number of amides is 1. The van der Waals surface area contributed by atoms with Gasteiger partial charge in [0.1, 0.15) is 11.5 Å². The number of fused-ring (bicyclic) bond motifs is 1. The van der Waals surface area contributed by atoms with Crippen LogP contribution in [0.2, 0.25) is 0 Å². The summed E-state index contributed by atoms with van der Waals surface area (Å²) in [5, 5.41) is 37.4. The second kappa shape index (κ2) is 8.73. The standard InChI is InChI=1S/C27H33NO6/c1-15-6-12-20(26(2,3)31)19(14-15)18-11-13-21-22(23(18)29)27(32,24(34-5)25(30)28-21)16-7-9-17(33-4)10-8-16/h7-11,13-14,19-20,24,29,31-32H,6,12H2,1-5H3,(H,28,30)/t19-,20+,24-,27+/m1/s1. The van der Waals surface area contributed by atoms with Gasteiger partial charge in [-0.15, -0.1) is 0 Å². The molecule has 1 heterocycles. The lowest BCUT2D eigenvalue weighted by Crippen LogP contribution is -2.52. The van der Waals surface area contributed by atoms with Gasteiger partial charge in [-0.2, -0.15) is 0 Å². The fourth-order valence-electron chi connectivity index (χ4n) is 5.47. The molecule has 0 fully saturated rings. The molecule has 4 N–H and O–H groups in total. The van der Waals surface area contributed by atoms with Crippen molar-refractivity contribution in [2.75, 3.05) is 19.5 Å². The number of aliphatic hydroxyl groups is 2. The highest BCUT2D eigenvalue weighted by Gasteiger charge is 2.52. The van der Waals surface area contributed by atoms with E-state index in [-0.39, 0.29) is 23.1 Å². The molecular formula is C27H33NO6. The predicted molar refractivity (Wildman–Crippen MR) is 129 cm³/mol. The van der Waals surface area contributed by atoms with Gasteiger partial charge >= 0.3 is 0 Å². The van der Waals surface area contributed by atoms with E-state index in [0.717, 1.165) is 12.8 Å². The van der Waals surface area contributed by atoms with Gasteiger partial charge in [-0.05, 0) is 63.3 Å². The number of aromatic hydroxyl groups is 1. The van der Waals surface area contributed by atoms with Crippen molar-refractivity contribution < 1.29 is 29.6 Å². The van der Waals surface area contributed by atoms with Crippen molar-refractivity contribution in [3.63, 3.8) is 0 Å². The summed E-state index contributed by atoms with van der Waals surface area (Å²) >= 11 is 0. The van der Waals surface area contributed by atoms with Gasteiger partial charge in [-0.25, -0.2) is 0 Å². The van der Waals surface area contributed by atoms with Gasteiger partial charge in [0.2, 0.25) is 0 Å². The van der Waals surface area contributed by atoms with Crippen LogP contribution in [0.4, 0.5) is 5.69 Å². The molecule has 4 rings (SSSR count). The van der Waals surface area contributed by atoms with E-state index in [4.69, 9.17) is 9.47 Å². The predicted octanol–water partition coefficient (Wildman–Crippen LogP) is 3.81. The first-order valence-corrected chi connectivity index (χ1v) is 11.5. The minimum absolute atomic E-state index is 0.122. The first-order chi connectivity index (χ1) is 16.0. The van der Waals surface area contributed by atoms with E-state index < -0.39 is 23.2 Å². The quantitative estimate of drug-likeness (QED) is 0.498. The number of ether oxygens (including phenoxy) is 2. The topological polar surface area (TPSA) is 108 Å². The number of rotatable bonds is 5. The van der Waals surface area contributed by atoms with Crippen LogP contribution in [0.25, 0.3) is 0 Å². The summed E-state index contributed by atoms with van der Waals surface area (Å²) in [4.78, 5) is 12.9. The van der Waals surface area contributed by atoms with Crippen LogP contribution >= 0.6 is 0 Å². The first-order valence-electron chi connectivity index (χ1n) is 11.5. The number of allylic oxidation sites excluding steroid dienone is 2. The van der Waals surface area contributed by atoms with Gasteiger partial charge in [0.15, 0.2) is 11.7 Å². The van der Waals surface area contributed by atoms with Gasteiger partial charge in [0.25, 0.3) is 5.91 Å². The van der Waals surface area contributed by atoms with Gasteiger partial charge < -0.3 is 30.1 Å². The molecule has 0 spiro atoms. The van der Waals surface area contributed by atoms with Crippen LogP contribution in [0, 0.1) is 5.92 Å². The summed E-state index contributed by atoms with van der Waals surface area (Å²) in [6.45, 7) is 5.60. The van der Waals surface area contributed by atoms with Crippen molar-refractivity contribution in [1.82, 2.24) is 0 Å². The Morgan fingerprint density at radius 3 is 2.38 bits per heavy atom. The molecule has 2 aromatic rings. The van der Waals surface area contributed by atoms with E-state index in [1.54, 1.807) is 57.4 Å². The molecule has 1 aliphatic carbocycles. The van der Waals surface area contributed by atoms with E-state index in [1.807, 2.05) is 6.92 Å². The number of phenols is 1. The minimum Gasteiger partial charge on any atom is -0.507 e. The molecule has 2 aliphatic rings. The van der Waals surface area contributed by atoms with Crippen LogP contribution in [0.15, 0.2) is 48.0 Å². The highest BCUT2D eigenvalue weighted by atomic mass is 16.5. The molecule has 0 aromatic heterocycles. The molecule has 0 saturated carbocycles. The largest absolute Gasteiger partial charge is 0.507 e. The third-order valence-electron chi connectivity index (χ3n) is 7.25. The molecule has 182 valence electrons. The summed E-state index contributed by atoms with van der Waals surface area (Å²) in [6, 6.07) is 10.1. The highest BCUT2D eigenvalue weighted by Crippen LogP contribution is 2.52. The number of anilines is 1. The lowest BCUT2D eigenvalue weighted by Gasteiger charge is -2.42. The normalized spacial score (nSPS) is 27.0. The SMILES string of the molecule is COc1ccc([C@]2(O)c3c(ccc([C@H]4C=C(C)CC[C@@H]4C(C)(C)O)c3O)NC(=O)[C@H]2OC)cc1. The Balaban J connectivity index is 1.95. The maximum absolute atomic E-state index is 12.9. The second-order valence-electron chi connectivity index (χ2n) is 9.86. The maximum atomic E-state index is 12.9. The van der Waals surface area contributed by atoms with E-state index in [2.05, 4.69) is 11.4 Å². The molecule has 34 heavy (non-hydrogen) atoms. The van der Waals surface area contributed by atoms with Gasteiger partial charge in [-0.1, -0.05) is 29.8 Å². The number of phenolic OH excluding ortho intramolecular Hbond substituents is 1. The summed E-state index contributed by atoms with van der Waals surface area (Å²) in [7, 11) is 2.89. The second-order valence-corrected chi connectivity index (χ2v) is 9.86. The molecule has 7 nitrogen and oxygen atoms in total. The monoisotopic (exact) mass is 467 g/mol. The lowest BCUT2D eigenvalue weighted by atomic mass is 9.68. The zero-order chi connectivity index (χ0) is 24.8. The Bertz CT molecular complexity index is 1120. The molecule has 0 bridgehead atoms. The van der Waals surface area contributed by atoms with Crippen molar-refractivity contribution in [3.8, 4) is 11.5 Å². The zero-order valence-corrected chi connectivity index (χ0v) is 20.3. The van der Waals surface area contributed by atoms with Gasteiger partial charge in [-0.3, -0.25) is 4.79 Å². The van der Waals surface area contributed by atoms with Crippen LogP contribution in [-0.2, 0) is 15.1 Å². The molecule has 2 aromatic carbocycles. The number of methoxy groups -OCH3 is 2. The Labute approximate surface area is 200 Å². The molecule has 7 heteroatoms. The van der Waals surface area contributed by atoms with Crippen LogP contribution in [-0.4, -0.2) is 47.2 Å². The number of nitrogens with one attached hydrogen (secondary N) is 1. The number of benzene rings is 2. The number of hydrogen-bond acceptors (Lipinski definition) is 6. The molecule has 1 aliphatic heterocycles. The molecule has 0 saturated heterocycles. The van der Waals surface area contributed by atoms with Crippen molar-refractivity contribution in [2.45, 2.75) is 56.8 Å². The van der Waals surface area contributed by atoms with E-state index in [9.17, 15) is 20.1 Å². The fraction of sp³-hybridized carbons (Fsp3) is 0.444. The molecular weight excluding hydrogens is 434 g/mol. The number of carbonyl (C=O) groups is 1. The van der Waals surface area contributed by atoms with Crippen molar-refractivity contribution in [1.29, 1.82) is 0 Å². The maximum Gasteiger partial charge on any atom is 0.257 e. The minimum atomic E-state index is -1.95. The Kier molecular flexibility index (Phi) is 6.23. The van der Waals surface area contributed by atoms with E-state index in [0.29, 0.717) is 22.6 Å². The average molecular weight is 468 g/mol. The number of hydrogen-bond donors (Lipinski definition) is 4. The smallest absolute Gasteiger partial charge is 0.257 e. The van der Waals surface area contributed by atoms with Crippen molar-refractivity contribution >= 4 is 11.6 Å². The van der Waals surface area contributed by atoms with Gasteiger partial charge in [0, 0.05) is 18.6 Å². The number of carbonyl (C=O) groups excluding carboxylic acids is 1. The Morgan fingerprint density at radius 1 is 1.12 bits per heavy atom. The zero-order valence-electron chi connectivity index (χ0n) is 20.3. The Morgan fingerprint density at radius 2 is 1.79 bits per heavy atom. The molecule has 0 unspecified atom stereocenters. The van der Waals surface area contributed by atoms with Crippen LogP contribution in [0.5, 0.6) is 11.5 Å². The van der Waals surface area contributed by atoms with E-state index >= 15 is 0 Å². The molecule has 4 atom stereocenters. The molecule has 1 amide bonds. The van der Waals surface area contributed by atoms with E-state index in [1.165, 1.54) is 12.7 Å². The Hall–Kier alpha value is -2.87. The average Bonchev–Trinajstić information content (AvgIpc) is 2.78. The van der Waals surface area contributed by atoms with Crippen molar-refractivity contribution in [3.05, 3.63) is 64.7 Å². The third-order valence-corrected chi connectivity index (χ3v) is 7.25. The van der Waals surface area contributed by atoms with Crippen LogP contribution in [0.1, 0.15) is 56.2 Å². The first kappa shape index (κ1) is 24.3. The fourth-order valence-corrected chi connectivity index (χ4v) is 5.47. The summed E-state index contributed by atoms with van der Waals surface area (Å²) in [5.41, 5.74) is -0.282. The van der Waals surface area contributed by atoms with Crippen molar-refractivity contribution in [2.24, 2.45) is 5.92 Å². The highest BCUT2D eigenvalue weighted by molar-refractivity contribution is 6.00. The van der Waals surface area contributed by atoms with Crippen LogP contribution < -0.4 is 10.1 Å². The third kappa shape index (κ3) is 3.87. The van der Waals surface area contributed by atoms with Crippen LogP contribution in [0.3, 0.4) is 0 Å².